The van der Waals surface area contributed by atoms with Gasteiger partial charge in [-0.3, -0.25) is 4.79 Å². The standard InChI is InChI=1S/C2H4O2.NO3.Y/c1-2(3)4;2-1(3)4;/h1H3,(H,3,4);;/q;-1;. The van der Waals surface area contributed by atoms with E-state index < -0.39 is 11.1 Å². The monoisotopic (exact) mass is 211 g/mol. The molecule has 0 aromatic heterocycles. The molecule has 51 valence electrons. The number of rotatable bonds is 0. The van der Waals surface area contributed by atoms with Gasteiger partial charge in [-0.05, 0) is 0 Å². The number of carboxylic acid groups (broad SMARTS) is 1. The van der Waals surface area contributed by atoms with Crippen molar-refractivity contribution in [2.75, 3.05) is 0 Å². The molecule has 9 heavy (non-hydrogen) atoms. The first-order chi connectivity index (χ1) is 3.46. The second-order valence-corrected chi connectivity index (χ2v) is 0.743. The maximum Gasteiger partial charge on any atom is 0.300 e. The number of carboxylic acids is 1. The maximum atomic E-state index is 9.00. The smallest absolute Gasteiger partial charge is 0.300 e. The summed E-state index contributed by atoms with van der Waals surface area (Å²) in [7, 11) is 0. The summed E-state index contributed by atoms with van der Waals surface area (Å²) in [5.74, 6) is -0.833. The summed E-state index contributed by atoms with van der Waals surface area (Å²) < 4.78 is 0. The minimum absolute atomic E-state index is 0. The molecule has 1 N–H and O–H groups in total. The molecule has 0 rings (SSSR count). The average molecular weight is 211 g/mol. The molecule has 0 unspecified atom stereocenters. The molecule has 1 radical (unpaired) electrons. The topological polar surface area (TPSA) is 104 Å². The van der Waals surface area contributed by atoms with Crippen molar-refractivity contribution in [3.05, 3.63) is 15.3 Å². The van der Waals surface area contributed by atoms with Gasteiger partial charge in [-0.15, -0.1) is 0 Å². The third-order valence-corrected chi connectivity index (χ3v) is 0. The summed E-state index contributed by atoms with van der Waals surface area (Å²) in [4.78, 5) is 17.2. The molecule has 0 aliphatic heterocycles. The van der Waals surface area contributed by atoms with E-state index in [2.05, 4.69) is 0 Å². The number of carbonyl (C=O) groups is 1. The van der Waals surface area contributed by atoms with E-state index in [4.69, 9.17) is 25.2 Å². The predicted octanol–water partition coefficient (Wildman–Crippen LogP) is -0.151. The first-order valence-corrected chi connectivity index (χ1v) is 1.48. The van der Waals surface area contributed by atoms with Crippen molar-refractivity contribution in [1.29, 1.82) is 0 Å². The molecule has 0 bridgehead atoms. The SMILES string of the molecule is CC(=O)O.O=[N+]([O-])[O-].[Y]. The molecular formula is C2H4NO5Y-. The quantitative estimate of drug-likeness (QED) is 0.443. The van der Waals surface area contributed by atoms with E-state index in [-0.39, 0.29) is 32.7 Å². The maximum absolute atomic E-state index is 9.00. The Labute approximate surface area is 75.9 Å². The molecule has 0 spiro atoms. The van der Waals surface area contributed by atoms with Crippen molar-refractivity contribution in [2.24, 2.45) is 0 Å². The van der Waals surface area contributed by atoms with Crippen LogP contribution in [0.2, 0.25) is 0 Å². The average Bonchev–Trinajstić information content (AvgIpc) is 1.25. The van der Waals surface area contributed by atoms with E-state index in [1.165, 1.54) is 0 Å². The van der Waals surface area contributed by atoms with E-state index in [9.17, 15) is 0 Å². The van der Waals surface area contributed by atoms with Crippen molar-refractivity contribution in [1.82, 2.24) is 0 Å². The van der Waals surface area contributed by atoms with E-state index in [0.717, 1.165) is 6.92 Å². The Balaban J connectivity index is -0.0000000720. The molecule has 0 aromatic carbocycles. The Hall–Kier alpha value is -0.226. The summed E-state index contributed by atoms with van der Waals surface area (Å²) in [6.07, 6.45) is 0. The van der Waals surface area contributed by atoms with Crippen molar-refractivity contribution >= 4 is 5.97 Å². The molecule has 7 heteroatoms. The Morgan fingerprint density at radius 2 is 1.56 bits per heavy atom. The molecule has 0 aliphatic carbocycles. The fourth-order valence-electron chi connectivity index (χ4n) is 0. The second-order valence-electron chi connectivity index (χ2n) is 0.743. The van der Waals surface area contributed by atoms with E-state index in [0.29, 0.717) is 0 Å². The van der Waals surface area contributed by atoms with Gasteiger partial charge in [-0.2, -0.15) is 0 Å². The van der Waals surface area contributed by atoms with Gasteiger partial charge >= 0.3 is 0 Å². The minimum Gasteiger partial charge on any atom is -0.481 e. The van der Waals surface area contributed by atoms with Crippen LogP contribution in [-0.2, 0) is 37.5 Å². The van der Waals surface area contributed by atoms with Gasteiger partial charge in [0.05, 0.1) is 5.09 Å². The van der Waals surface area contributed by atoms with Gasteiger partial charge in [0.2, 0.25) is 0 Å². The van der Waals surface area contributed by atoms with Crippen LogP contribution in [0.15, 0.2) is 0 Å². The van der Waals surface area contributed by atoms with Crippen LogP contribution in [0, 0.1) is 15.3 Å². The molecule has 6 nitrogen and oxygen atoms in total. The number of nitrogens with zero attached hydrogens (tertiary/aromatic N) is 1. The van der Waals surface area contributed by atoms with Gasteiger partial charge in [0.1, 0.15) is 0 Å². The van der Waals surface area contributed by atoms with Crippen molar-refractivity contribution in [3.63, 3.8) is 0 Å². The van der Waals surface area contributed by atoms with Gasteiger partial charge < -0.3 is 20.4 Å². The van der Waals surface area contributed by atoms with E-state index in [1.54, 1.807) is 0 Å². The number of hydrogen-bond acceptors (Lipinski definition) is 4. The molecule has 0 amide bonds. The van der Waals surface area contributed by atoms with Crippen LogP contribution in [0.3, 0.4) is 0 Å². The summed E-state index contributed by atoms with van der Waals surface area (Å²) in [6.45, 7) is 1.08. The largest absolute Gasteiger partial charge is 0.481 e. The van der Waals surface area contributed by atoms with Gasteiger partial charge in [0, 0.05) is 39.6 Å². The van der Waals surface area contributed by atoms with Gasteiger partial charge in [-0.1, -0.05) is 0 Å². The van der Waals surface area contributed by atoms with E-state index >= 15 is 0 Å². The molecule has 0 aliphatic rings. The Morgan fingerprint density at radius 1 is 1.56 bits per heavy atom. The van der Waals surface area contributed by atoms with Crippen LogP contribution in [0.5, 0.6) is 0 Å². The zero-order chi connectivity index (χ0) is 7.15. The van der Waals surface area contributed by atoms with Crippen molar-refractivity contribution < 1.29 is 47.7 Å². The van der Waals surface area contributed by atoms with Crippen molar-refractivity contribution in [3.8, 4) is 0 Å². The summed E-state index contributed by atoms with van der Waals surface area (Å²) in [5, 5.41) is 22.2. The first kappa shape index (κ1) is 15.9. The zero-order valence-corrected chi connectivity index (χ0v) is 7.44. The Bertz CT molecular complexity index is 73.0. The number of aliphatic carboxylic acids is 1. The first-order valence-electron chi connectivity index (χ1n) is 1.48. The van der Waals surface area contributed by atoms with Gasteiger partial charge in [0.25, 0.3) is 5.97 Å². The summed E-state index contributed by atoms with van der Waals surface area (Å²) >= 11 is 0. The fourth-order valence-corrected chi connectivity index (χ4v) is 0. The minimum atomic E-state index is -1.75. The molecule has 0 fully saturated rings. The zero-order valence-electron chi connectivity index (χ0n) is 4.60. The predicted molar refractivity (Wildman–Crippen MR) is 23.7 cm³/mol. The molecular weight excluding hydrogens is 207 g/mol. The Kier molecular flexibility index (Phi) is 18.9. The normalized spacial score (nSPS) is 5.44. The van der Waals surface area contributed by atoms with Gasteiger partial charge in [-0.25, -0.2) is 0 Å². The van der Waals surface area contributed by atoms with Gasteiger partial charge in [0.15, 0.2) is 0 Å². The van der Waals surface area contributed by atoms with E-state index in [1.807, 2.05) is 0 Å². The summed E-state index contributed by atoms with van der Waals surface area (Å²) in [5.41, 5.74) is 0. The van der Waals surface area contributed by atoms with Crippen LogP contribution in [-0.4, -0.2) is 16.2 Å². The van der Waals surface area contributed by atoms with Crippen LogP contribution in [0.25, 0.3) is 0 Å². The summed E-state index contributed by atoms with van der Waals surface area (Å²) in [6, 6.07) is 0. The van der Waals surface area contributed by atoms with Crippen molar-refractivity contribution in [2.45, 2.75) is 6.92 Å². The third kappa shape index (κ3) is 5070. The molecule has 0 aromatic rings. The third-order valence-electron chi connectivity index (χ3n) is 0. The van der Waals surface area contributed by atoms with Crippen LogP contribution >= 0.6 is 0 Å². The fraction of sp³-hybridized carbons (Fsp3) is 0.500. The molecule has 0 saturated carbocycles. The Morgan fingerprint density at radius 3 is 1.56 bits per heavy atom. The molecule has 0 atom stereocenters. The van der Waals surface area contributed by atoms with Crippen LogP contribution in [0.1, 0.15) is 6.92 Å². The molecule has 0 heterocycles. The number of hydrogen-bond donors (Lipinski definition) is 1. The van der Waals surface area contributed by atoms with Crippen LogP contribution < -0.4 is 0 Å². The second kappa shape index (κ2) is 10.7. The molecule has 0 saturated heterocycles. The van der Waals surface area contributed by atoms with Crippen LogP contribution in [0.4, 0.5) is 0 Å².